The van der Waals surface area contributed by atoms with Crippen molar-refractivity contribution in [1.29, 1.82) is 0 Å². The summed E-state index contributed by atoms with van der Waals surface area (Å²) in [5.74, 6) is 1.20. The third-order valence-electron chi connectivity index (χ3n) is 4.31. The Balaban J connectivity index is 1.86. The van der Waals surface area contributed by atoms with Crippen molar-refractivity contribution in [2.24, 2.45) is 10.9 Å². The first-order valence-electron chi connectivity index (χ1n) is 8.61. The molecule has 25 heavy (non-hydrogen) atoms. The van der Waals surface area contributed by atoms with E-state index < -0.39 is 10.0 Å². The van der Waals surface area contributed by atoms with E-state index >= 15 is 0 Å². The van der Waals surface area contributed by atoms with Crippen molar-refractivity contribution >= 4 is 27.6 Å². The summed E-state index contributed by atoms with van der Waals surface area (Å²) in [7, 11) is -3.07. The van der Waals surface area contributed by atoms with E-state index in [0.29, 0.717) is 25.6 Å². The molecule has 1 saturated heterocycles. The van der Waals surface area contributed by atoms with E-state index in [2.05, 4.69) is 15.6 Å². The second kappa shape index (κ2) is 9.40. The third kappa shape index (κ3) is 6.49. The monoisotopic (exact) mass is 386 g/mol. The van der Waals surface area contributed by atoms with Crippen LogP contribution in [0.2, 0.25) is 5.02 Å². The van der Waals surface area contributed by atoms with Crippen LogP contribution in [0, 0.1) is 5.92 Å². The lowest BCUT2D eigenvalue weighted by atomic mass is 9.98. The van der Waals surface area contributed by atoms with Gasteiger partial charge in [-0.3, -0.25) is 0 Å². The zero-order valence-corrected chi connectivity index (χ0v) is 16.4. The number of nitrogens with one attached hydrogen (secondary N) is 2. The molecule has 1 heterocycles. The van der Waals surface area contributed by atoms with Crippen molar-refractivity contribution in [3.63, 3.8) is 0 Å². The lowest BCUT2D eigenvalue weighted by molar-refractivity contribution is 0.275. The number of rotatable bonds is 6. The Labute approximate surface area is 155 Å². The van der Waals surface area contributed by atoms with E-state index in [1.807, 2.05) is 31.2 Å². The number of hydrogen-bond acceptors (Lipinski definition) is 3. The topological polar surface area (TPSA) is 73.8 Å². The van der Waals surface area contributed by atoms with Crippen LogP contribution in [0.1, 0.15) is 25.3 Å². The number of guanidine groups is 1. The van der Waals surface area contributed by atoms with Crippen molar-refractivity contribution < 1.29 is 8.42 Å². The molecule has 1 fully saturated rings. The highest BCUT2D eigenvalue weighted by Crippen LogP contribution is 2.18. The van der Waals surface area contributed by atoms with Gasteiger partial charge in [0.15, 0.2) is 5.96 Å². The van der Waals surface area contributed by atoms with E-state index in [1.54, 1.807) is 4.31 Å². The fourth-order valence-corrected chi connectivity index (χ4v) is 3.89. The maximum atomic E-state index is 11.6. The first-order chi connectivity index (χ1) is 11.9. The molecule has 0 radical (unpaired) electrons. The van der Waals surface area contributed by atoms with Crippen LogP contribution in [0.4, 0.5) is 0 Å². The van der Waals surface area contributed by atoms with Crippen molar-refractivity contribution in [3.05, 3.63) is 34.9 Å². The van der Waals surface area contributed by atoms with E-state index in [4.69, 9.17) is 11.6 Å². The van der Waals surface area contributed by atoms with Gasteiger partial charge >= 0.3 is 0 Å². The number of nitrogens with zero attached hydrogens (tertiary/aromatic N) is 2. The van der Waals surface area contributed by atoms with Crippen LogP contribution in [0.25, 0.3) is 0 Å². The molecule has 0 amide bonds. The molecule has 0 atom stereocenters. The summed E-state index contributed by atoms with van der Waals surface area (Å²) in [5.41, 5.74) is 0.989. The number of piperidine rings is 1. The van der Waals surface area contributed by atoms with Crippen LogP contribution in [0.5, 0.6) is 0 Å². The molecular weight excluding hydrogens is 360 g/mol. The molecule has 0 aliphatic carbocycles. The van der Waals surface area contributed by atoms with Crippen LogP contribution >= 0.6 is 11.6 Å². The summed E-state index contributed by atoms with van der Waals surface area (Å²) < 4.78 is 24.7. The van der Waals surface area contributed by atoms with E-state index in [-0.39, 0.29) is 0 Å². The predicted molar refractivity (Wildman–Crippen MR) is 103 cm³/mol. The molecule has 0 bridgehead atoms. The molecule has 140 valence electrons. The van der Waals surface area contributed by atoms with Gasteiger partial charge in [-0.2, -0.15) is 0 Å². The fourth-order valence-electron chi connectivity index (χ4n) is 2.82. The molecule has 0 unspecified atom stereocenters. The van der Waals surface area contributed by atoms with Crippen LogP contribution in [0.3, 0.4) is 0 Å². The van der Waals surface area contributed by atoms with Gasteiger partial charge in [-0.25, -0.2) is 17.7 Å². The minimum absolute atomic E-state index is 0.446. The highest BCUT2D eigenvalue weighted by molar-refractivity contribution is 7.88. The largest absolute Gasteiger partial charge is 0.357 e. The molecule has 6 nitrogen and oxygen atoms in total. The van der Waals surface area contributed by atoms with Crippen molar-refractivity contribution in [1.82, 2.24) is 14.9 Å². The quantitative estimate of drug-likeness (QED) is 0.579. The highest BCUT2D eigenvalue weighted by Gasteiger charge is 2.24. The van der Waals surface area contributed by atoms with Gasteiger partial charge in [0.1, 0.15) is 0 Å². The van der Waals surface area contributed by atoms with Gasteiger partial charge in [0.05, 0.1) is 12.8 Å². The van der Waals surface area contributed by atoms with Crippen LogP contribution in [-0.2, 0) is 16.6 Å². The first-order valence-corrected chi connectivity index (χ1v) is 10.8. The van der Waals surface area contributed by atoms with Crippen LogP contribution in [-0.4, -0.2) is 51.1 Å². The standard InChI is InChI=1S/C17H27ClN4O2S/c1-3-19-17(21-13-15-6-4-5-7-16(15)18)20-12-14-8-10-22(11-9-14)25(2,23)24/h4-7,14H,3,8-13H2,1-2H3,(H2,19,20,21). The highest BCUT2D eigenvalue weighted by atomic mass is 35.5. The Morgan fingerprint density at radius 3 is 2.56 bits per heavy atom. The van der Waals surface area contributed by atoms with Crippen LogP contribution < -0.4 is 10.6 Å². The molecule has 2 N–H and O–H groups in total. The SMILES string of the molecule is CCNC(=NCc1ccccc1Cl)NCC1CCN(S(C)(=O)=O)CC1. The third-order valence-corrected chi connectivity index (χ3v) is 5.98. The summed E-state index contributed by atoms with van der Waals surface area (Å²) in [4.78, 5) is 4.59. The molecule has 0 spiro atoms. The number of benzene rings is 1. The number of sulfonamides is 1. The van der Waals surface area contributed by atoms with Gasteiger partial charge in [0.25, 0.3) is 0 Å². The minimum atomic E-state index is -3.07. The summed E-state index contributed by atoms with van der Waals surface area (Å²) in [6.07, 6.45) is 3.00. The Morgan fingerprint density at radius 2 is 1.96 bits per heavy atom. The van der Waals surface area contributed by atoms with Gasteiger partial charge in [0, 0.05) is 31.2 Å². The second-order valence-electron chi connectivity index (χ2n) is 6.27. The van der Waals surface area contributed by atoms with Crippen molar-refractivity contribution in [2.45, 2.75) is 26.3 Å². The maximum absolute atomic E-state index is 11.6. The van der Waals surface area contributed by atoms with Crippen molar-refractivity contribution in [3.8, 4) is 0 Å². The fraction of sp³-hybridized carbons (Fsp3) is 0.588. The molecule has 8 heteroatoms. The second-order valence-corrected chi connectivity index (χ2v) is 8.66. The lowest BCUT2D eigenvalue weighted by Crippen LogP contribution is -2.44. The minimum Gasteiger partial charge on any atom is -0.357 e. The Kier molecular flexibility index (Phi) is 7.53. The maximum Gasteiger partial charge on any atom is 0.211 e. The molecule has 1 aliphatic heterocycles. The van der Waals surface area contributed by atoms with Gasteiger partial charge in [-0.05, 0) is 37.3 Å². The zero-order valence-electron chi connectivity index (χ0n) is 14.8. The van der Waals surface area contributed by atoms with Gasteiger partial charge in [-0.15, -0.1) is 0 Å². The summed E-state index contributed by atoms with van der Waals surface area (Å²) >= 11 is 6.17. The van der Waals surface area contributed by atoms with E-state index in [9.17, 15) is 8.42 Å². The molecule has 2 rings (SSSR count). The number of hydrogen-bond donors (Lipinski definition) is 2. The van der Waals surface area contributed by atoms with Gasteiger partial charge in [0.2, 0.25) is 10.0 Å². The number of aliphatic imine (C=N–C) groups is 1. The predicted octanol–water partition coefficient (Wildman–Crippen LogP) is 2.07. The average molecular weight is 387 g/mol. The number of halogens is 1. The molecular formula is C17H27ClN4O2S. The Morgan fingerprint density at radius 1 is 1.28 bits per heavy atom. The summed E-state index contributed by atoms with van der Waals surface area (Å²) in [6, 6.07) is 7.69. The van der Waals surface area contributed by atoms with E-state index in [1.165, 1.54) is 6.26 Å². The molecule has 0 aromatic heterocycles. The zero-order chi connectivity index (χ0) is 18.3. The first kappa shape index (κ1) is 20.0. The Bertz CT molecular complexity index is 686. The summed E-state index contributed by atoms with van der Waals surface area (Å²) in [5, 5.41) is 7.31. The molecule has 1 aromatic carbocycles. The van der Waals surface area contributed by atoms with Gasteiger partial charge < -0.3 is 10.6 Å². The summed E-state index contributed by atoms with van der Waals surface area (Å²) in [6.45, 7) is 5.29. The smallest absolute Gasteiger partial charge is 0.211 e. The van der Waals surface area contributed by atoms with Crippen LogP contribution in [0.15, 0.2) is 29.3 Å². The Hall–Kier alpha value is -1.31. The van der Waals surface area contributed by atoms with E-state index in [0.717, 1.165) is 42.5 Å². The molecule has 0 saturated carbocycles. The lowest BCUT2D eigenvalue weighted by Gasteiger charge is -2.30. The average Bonchev–Trinajstić information content (AvgIpc) is 2.58. The van der Waals surface area contributed by atoms with Crippen molar-refractivity contribution in [2.75, 3.05) is 32.4 Å². The normalized spacial score (nSPS) is 17.5. The molecule has 1 aliphatic rings. The molecule has 1 aromatic rings. The van der Waals surface area contributed by atoms with Gasteiger partial charge in [-0.1, -0.05) is 29.8 Å².